The monoisotopic (exact) mass is 173 g/mol. The van der Waals surface area contributed by atoms with Crippen LogP contribution in [0, 0.1) is 11.8 Å². The summed E-state index contributed by atoms with van der Waals surface area (Å²) in [5.41, 5.74) is 5.43. The smallest absolute Gasteiger partial charge is 0.0591 e. The maximum atomic E-state index is 9.79. The Bertz CT molecular complexity index is 94.0. The Balaban J connectivity index is 3.73. The van der Waals surface area contributed by atoms with Crippen LogP contribution >= 0.6 is 0 Å². The van der Waals surface area contributed by atoms with Gasteiger partial charge in [0.15, 0.2) is 0 Å². The van der Waals surface area contributed by atoms with Gasteiger partial charge < -0.3 is 10.8 Å². The van der Waals surface area contributed by atoms with E-state index in [-0.39, 0.29) is 6.10 Å². The maximum Gasteiger partial charge on any atom is 0.0591 e. The van der Waals surface area contributed by atoms with Crippen LogP contribution < -0.4 is 5.73 Å². The molecule has 0 aromatic heterocycles. The van der Waals surface area contributed by atoms with Crippen molar-refractivity contribution in [2.45, 2.75) is 46.1 Å². The first kappa shape index (κ1) is 11.9. The molecule has 2 unspecified atom stereocenters. The molecule has 0 aliphatic heterocycles. The van der Waals surface area contributed by atoms with Crippen molar-refractivity contribution in [1.82, 2.24) is 0 Å². The van der Waals surface area contributed by atoms with Gasteiger partial charge in [0.1, 0.15) is 0 Å². The van der Waals surface area contributed by atoms with Gasteiger partial charge in [0.25, 0.3) is 0 Å². The first-order chi connectivity index (χ1) is 5.63. The molecule has 0 bridgehead atoms. The van der Waals surface area contributed by atoms with Crippen LogP contribution in [0.3, 0.4) is 0 Å². The molecule has 0 aliphatic carbocycles. The number of nitrogens with two attached hydrogens (primary N) is 1. The minimum absolute atomic E-state index is 0.173. The summed E-state index contributed by atoms with van der Waals surface area (Å²) in [4.78, 5) is 0. The van der Waals surface area contributed by atoms with Crippen molar-refractivity contribution in [2.24, 2.45) is 17.6 Å². The molecular weight excluding hydrogens is 150 g/mol. The van der Waals surface area contributed by atoms with Gasteiger partial charge in [0, 0.05) is 0 Å². The Morgan fingerprint density at radius 3 is 2.08 bits per heavy atom. The van der Waals surface area contributed by atoms with E-state index in [0.29, 0.717) is 18.4 Å². The fraction of sp³-hybridized carbons (Fsp3) is 1.00. The summed E-state index contributed by atoms with van der Waals surface area (Å²) in [7, 11) is 0. The zero-order chi connectivity index (χ0) is 9.56. The molecule has 0 aliphatic rings. The third kappa shape index (κ3) is 4.07. The van der Waals surface area contributed by atoms with Crippen LogP contribution in [0.1, 0.15) is 40.0 Å². The summed E-state index contributed by atoms with van der Waals surface area (Å²) in [6, 6.07) is 0. The lowest BCUT2D eigenvalue weighted by Crippen LogP contribution is -2.27. The second-order valence-corrected chi connectivity index (χ2v) is 3.81. The van der Waals surface area contributed by atoms with Crippen molar-refractivity contribution in [2.75, 3.05) is 6.54 Å². The molecule has 0 aromatic rings. The highest BCUT2D eigenvalue weighted by atomic mass is 16.3. The molecule has 0 saturated heterocycles. The molecule has 0 fully saturated rings. The average Bonchev–Trinajstić information content (AvgIpc) is 2.04. The fourth-order valence-corrected chi connectivity index (χ4v) is 1.62. The first-order valence-corrected chi connectivity index (χ1v) is 5.01. The van der Waals surface area contributed by atoms with Crippen LogP contribution in [0.2, 0.25) is 0 Å². The predicted octanol–water partition coefficient (Wildman–Crippen LogP) is 1.77. The van der Waals surface area contributed by atoms with Gasteiger partial charge >= 0.3 is 0 Å². The summed E-state index contributed by atoms with van der Waals surface area (Å²) in [6.07, 6.45) is 3.01. The van der Waals surface area contributed by atoms with Gasteiger partial charge in [-0.3, -0.25) is 0 Å². The molecule has 3 N–H and O–H groups in total. The Kier molecular flexibility index (Phi) is 6.39. The number of aliphatic hydroxyl groups excluding tert-OH is 1. The topological polar surface area (TPSA) is 46.2 Å². The van der Waals surface area contributed by atoms with Crippen molar-refractivity contribution in [3.8, 4) is 0 Å². The van der Waals surface area contributed by atoms with Crippen molar-refractivity contribution < 1.29 is 5.11 Å². The lowest BCUT2D eigenvalue weighted by molar-refractivity contribution is 0.0582. The summed E-state index contributed by atoms with van der Waals surface area (Å²) in [5, 5.41) is 9.79. The molecule has 0 aromatic carbocycles. The van der Waals surface area contributed by atoms with Crippen LogP contribution in [0.5, 0.6) is 0 Å². The zero-order valence-electron chi connectivity index (χ0n) is 8.59. The average molecular weight is 173 g/mol. The summed E-state index contributed by atoms with van der Waals surface area (Å²) < 4.78 is 0. The highest BCUT2D eigenvalue weighted by molar-refractivity contribution is 4.70. The molecule has 2 heteroatoms. The summed E-state index contributed by atoms with van der Waals surface area (Å²) in [5.74, 6) is 0.757. The lowest BCUT2D eigenvalue weighted by Gasteiger charge is -2.24. The van der Waals surface area contributed by atoms with Gasteiger partial charge in [-0.15, -0.1) is 0 Å². The maximum absolute atomic E-state index is 9.79. The van der Waals surface area contributed by atoms with Gasteiger partial charge in [-0.25, -0.2) is 0 Å². The molecule has 2 nitrogen and oxygen atoms in total. The van der Waals surface area contributed by atoms with Crippen LogP contribution in [0.4, 0.5) is 0 Å². The Morgan fingerprint density at radius 1 is 1.17 bits per heavy atom. The Morgan fingerprint density at radius 2 is 1.67 bits per heavy atom. The van der Waals surface area contributed by atoms with Gasteiger partial charge in [-0.05, 0) is 31.2 Å². The van der Waals surface area contributed by atoms with Crippen LogP contribution in [0.25, 0.3) is 0 Å². The molecule has 74 valence electrons. The first-order valence-electron chi connectivity index (χ1n) is 5.01. The highest BCUT2D eigenvalue weighted by Gasteiger charge is 2.19. The Labute approximate surface area is 76.2 Å². The summed E-state index contributed by atoms with van der Waals surface area (Å²) >= 11 is 0. The molecule has 0 saturated carbocycles. The zero-order valence-corrected chi connectivity index (χ0v) is 8.59. The van der Waals surface area contributed by atoms with Crippen LogP contribution in [0.15, 0.2) is 0 Å². The van der Waals surface area contributed by atoms with Gasteiger partial charge in [-0.1, -0.05) is 27.2 Å². The third-order valence-corrected chi connectivity index (χ3v) is 2.53. The van der Waals surface area contributed by atoms with Gasteiger partial charge in [0.05, 0.1) is 6.10 Å². The number of hydrogen-bond acceptors (Lipinski definition) is 2. The van der Waals surface area contributed by atoms with E-state index in [2.05, 4.69) is 20.8 Å². The minimum Gasteiger partial charge on any atom is -0.393 e. The van der Waals surface area contributed by atoms with Gasteiger partial charge in [-0.2, -0.15) is 0 Å². The molecule has 0 spiro atoms. The Hall–Kier alpha value is -0.0800. The normalized spacial score (nSPS) is 18.8. The van der Waals surface area contributed by atoms with Gasteiger partial charge in [0.2, 0.25) is 0 Å². The standard InChI is InChI=1S/C10H23NO/c1-4-5-8(2)10(12)9(3)6-7-11/h8-10,12H,4-7,11H2,1-3H3/t8?,9-,10?/m1/s1. The largest absolute Gasteiger partial charge is 0.393 e. The molecule has 0 radical (unpaired) electrons. The second-order valence-electron chi connectivity index (χ2n) is 3.81. The van der Waals surface area contributed by atoms with E-state index in [1.807, 2.05) is 0 Å². The van der Waals surface area contributed by atoms with Crippen molar-refractivity contribution in [1.29, 1.82) is 0 Å². The number of aliphatic hydroxyl groups is 1. The van der Waals surface area contributed by atoms with E-state index < -0.39 is 0 Å². The van der Waals surface area contributed by atoms with E-state index in [0.717, 1.165) is 19.3 Å². The highest BCUT2D eigenvalue weighted by Crippen LogP contribution is 2.19. The molecule has 0 rings (SSSR count). The molecule has 0 heterocycles. The molecule has 12 heavy (non-hydrogen) atoms. The molecular formula is C10H23NO. The van der Waals surface area contributed by atoms with E-state index in [1.54, 1.807) is 0 Å². The van der Waals surface area contributed by atoms with E-state index in [1.165, 1.54) is 0 Å². The number of hydrogen-bond donors (Lipinski definition) is 2. The quantitative estimate of drug-likeness (QED) is 0.643. The third-order valence-electron chi connectivity index (χ3n) is 2.53. The minimum atomic E-state index is -0.173. The lowest BCUT2D eigenvalue weighted by atomic mass is 9.88. The molecule has 3 atom stereocenters. The van der Waals surface area contributed by atoms with E-state index >= 15 is 0 Å². The van der Waals surface area contributed by atoms with Crippen molar-refractivity contribution in [3.05, 3.63) is 0 Å². The van der Waals surface area contributed by atoms with Crippen LogP contribution in [-0.4, -0.2) is 17.8 Å². The summed E-state index contributed by atoms with van der Waals surface area (Å²) in [6.45, 7) is 7.01. The van der Waals surface area contributed by atoms with Crippen molar-refractivity contribution >= 4 is 0 Å². The van der Waals surface area contributed by atoms with E-state index in [9.17, 15) is 5.11 Å². The molecule has 0 amide bonds. The fourth-order valence-electron chi connectivity index (χ4n) is 1.62. The van der Waals surface area contributed by atoms with Crippen LogP contribution in [-0.2, 0) is 0 Å². The van der Waals surface area contributed by atoms with E-state index in [4.69, 9.17) is 5.73 Å². The van der Waals surface area contributed by atoms with Crippen molar-refractivity contribution in [3.63, 3.8) is 0 Å². The second kappa shape index (κ2) is 6.44. The number of rotatable bonds is 6. The predicted molar refractivity (Wildman–Crippen MR) is 52.9 cm³/mol. The SMILES string of the molecule is CCCC(C)C(O)[C@H](C)CCN.